The first kappa shape index (κ1) is 19.3. The Labute approximate surface area is 163 Å². The van der Waals surface area contributed by atoms with E-state index in [9.17, 15) is 9.59 Å². The Kier molecular flexibility index (Phi) is 6.14. The number of amides is 2. The Morgan fingerprint density at radius 2 is 1.50 bits per heavy atom. The van der Waals surface area contributed by atoms with E-state index in [1.54, 1.807) is 48.8 Å². The molecule has 0 radical (unpaired) electrons. The average Bonchev–Trinajstić information content (AvgIpc) is 2.70. The highest BCUT2D eigenvalue weighted by atomic mass is 16.2. The lowest BCUT2D eigenvalue weighted by Crippen LogP contribution is -2.20. The maximum atomic E-state index is 12.3. The van der Waals surface area contributed by atoms with Crippen LogP contribution in [0, 0.1) is 6.92 Å². The van der Waals surface area contributed by atoms with Gasteiger partial charge in [0.1, 0.15) is 0 Å². The Bertz CT molecular complexity index is 939. The molecule has 1 aromatic heterocycles. The summed E-state index contributed by atoms with van der Waals surface area (Å²) in [5.41, 5.74) is 10.0. The first-order valence-electron chi connectivity index (χ1n) is 8.95. The number of nitrogens with zero attached hydrogens (tertiary/aromatic N) is 1. The summed E-state index contributed by atoms with van der Waals surface area (Å²) in [6.45, 7) is 1.99. The third kappa shape index (κ3) is 5.25. The molecule has 28 heavy (non-hydrogen) atoms. The van der Waals surface area contributed by atoms with E-state index in [0.29, 0.717) is 11.3 Å². The second-order valence-corrected chi connectivity index (χ2v) is 6.54. The molecule has 6 nitrogen and oxygen atoms in total. The molecule has 0 spiro atoms. The van der Waals surface area contributed by atoms with Gasteiger partial charge >= 0.3 is 0 Å². The molecule has 2 aromatic carbocycles. The molecule has 0 saturated carbocycles. The summed E-state index contributed by atoms with van der Waals surface area (Å²) in [7, 11) is 0. The molecule has 0 saturated heterocycles. The summed E-state index contributed by atoms with van der Waals surface area (Å²) in [5.74, 6) is -0.376. The minimum absolute atomic E-state index is 0.149. The van der Waals surface area contributed by atoms with Crippen LogP contribution in [0.4, 0.5) is 11.4 Å². The normalized spacial score (nSPS) is 11.5. The predicted molar refractivity (Wildman–Crippen MR) is 110 cm³/mol. The number of nitrogens with one attached hydrogen (secondary N) is 2. The Morgan fingerprint density at radius 3 is 2.14 bits per heavy atom. The van der Waals surface area contributed by atoms with E-state index in [0.717, 1.165) is 16.8 Å². The third-order valence-corrected chi connectivity index (χ3v) is 4.28. The van der Waals surface area contributed by atoms with Gasteiger partial charge in [-0.2, -0.15) is 0 Å². The van der Waals surface area contributed by atoms with Crippen LogP contribution in [0.1, 0.15) is 33.9 Å². The second-order valence-electron chi connectivity index (χ2n) is 6.54. The molecule has 3 rings (SSSR count). The maximum absolute atomic E-state index is 12.3. The molecular weight excluding hydrogens is 352 g/mol. The SMILES string of the molecule is Cc1ccc(NC(=O)CC(N)c2ccc(C(=O)Nc3ccncc3)cc2)cc1. The number of hydrogen-bond donors (Lipinski definition) is 3. The van der Waals surface area contributed by atoms with E-state index < -0.39 is 6.04 Å². The van der Waals surface area contributed by atoms with Gasteiger partial charge in [-0.1, -0.05) is 29.8 Å². The number of aromatic nitrogens is 1. The van der Waals surface area contributed by atoms with Crippen molar-refractivity contribution in [1.29, 1.82) is 0 Å². The number of pyridine rings is 1. The summed E-state index contributed by atoms with van der Waals surface area (Å²) < 4.78 is 0. The van der Waals surface area contributed by atoms with Gasteiger partial charge in [0.2, 0.25) is 5.91 Å². The van der Waals surface area contributed by atoms with Crippen molar-refractivity contribution >= 4 is 23.2 Å². The van der Waals surface area contributed by atoms with Crippen molar-refractivity contribution in [2.75, 3.05) is 10.6 Å². The molecule has 0 bridgehead atoms. The fourth-order valence-electron chi connectivity index (χ4n) is 2.69. The van der Waals surface area contributed by atoms with E-state index in [-0.39, 0.29) is 18.2 Å². The number of anilines is 2. The summed E-state index contributed by atoms with van der Waals surface area (Å²) >= 11 is 0. The van der Waals surface area contributed by atoms with Gasteiger partial charge < -0.3 is 16.4 Å². The predicted octanol–water partition coefficient (Wildman–Crippen LogP) is 3.67. The minimum atomic E-state index is -0.456. The fourth-order valence-corrected chi connectivity index (χ4v) is 2.69. The van der Waals surface area contributed by atoms with Gasteiger partial charge in [-0.05, 0) is 48.9 Å². The zero-order chi connectivity index (χ0) is 19.9. The number of carbonyl (C=O) groups is 2. The number of aryl methyl sites for hydroxylation is 1. The van der Waals surface area contributed by atoms with E-state index in [1.165, 1.54) is 0 Å². The molecule has 6 heteroatoms. The minimum Gasteiger partial charge on any atom is -0.326 e. The van der Waals surface area contributed by atoms with Gasteiger partial charge in [0.25, 0.3) is 5.91 Å². The van der Waals surface area contributed by atoms with Gasteiger partial charge in [-0.15, -0.1) is 0 Å². The summed E-state index contributed by atoms with van der Waals surface area (Å²) in [5, 5.41) is 5.63. The first-order chi connectivity index (χ1) is 13.5. The van der Waals surface area contributed by atoms with Crippen molar-refractivity contribution in [3.63, 3.8) is 0 Å². The molecule has 0 aliphatic heterocycles. The summed E-state index contributed by atoms with van der Waals surface area (Å²) in [6.07, 6.45) is 3.37. The van der Waals surface area contributed by atoms with E-state index >= 15 is 0 Å². The van der Waals surface area contributed by atoms with Crippen molar-refractivity contribution in [3.05, 3.63) is 89.7 Å². The molecular formula is C22H22N4O2. The molecule has 0 fully saturated rings. The van der Waals surface area contributed by atoms with Crippen LogP contribution < -0.4 is 16.4 Å². The van der Waals surface area contributed by atoms with Crippen LogP contribution in [0.15, 0.2) is 73.1 Å². The van der Waals surface area contributed by atoms with Crippen molar-refractivity contribution in [2.24, 2.45) is 5.73 Å². The lowest BCUT2D eigenvalue weighted by molar-refractivity contribution is -0.116. The van der Waals surface area contributed by atoms with Crippen LogP contribution in [-0.4, -0.2) is 16.8 Å². The van der Waals surface area contributed by atoms with Crippen molar-refractivity contribution in [1.82, 2.24) is 4.98 Å². The van der Waals surface area contributed by atoms with Crippen LogP contribution in [0.5, 0.6) is 0 Å². The summed E-state index contributed by atoms with van der Waals surface area (Å²) in [6, 6.07) is 17.5. The second kappa shape index (κ2) is 8.92. The number of carbonyl (C=O) groups excluding carboxylic acids is 2. The molecule has 1 atom stereocenters. The highest BCUT2D eigenvalue weighted by molar-refractivity contribution is 6.04. The monoisotopic (exact) mass is 374 g/mol. The zero-order valence-corrected chi connectivity index (χ0v) is 15.6. The standard InChI is InChI=1S/C22H22N4O2/c1-15-2-8-18(9-3-15)25-21(27)14-20(23)16-4-6-17(7-5-16)22(28)26-19-10-12-24-13-11-19/h2-13,20H,14,23H2,1H3,(H,25,27)(H,24,26,28). The highest BCUT2D eigenvalue weighted by Gasteiger charge is 2.13. The molecule has 4 N–H and O–H groups in total. The quantitative estimate of drug-likeness (QED) is 0.613. The van der Waals surface area contributed by atoms with Gasteiger partial charge in [0.15, 0.2) is 0 Å². The van der Waals surface area contributed by atoms with Crippen molar-refractivity contribution in [2.45, 2.75) is 19.4 Å². The molecule has 0 aliphatic rings. The van der Waals surface area contributed by atoms with Gasteiger partial charge in [0.05, 0.1) is 0 Å². The van der Waals surface area contributed by atoms with Crippen LogP contribution >= 0.6 is 0 Å². The van der Waals surface area contributed by atoms with Gasteiger partial charge in [-0.25, -0.2) is 0 Å². The summed E-state index contributed by atoms with van der Waals surface area (Å²) in [4.78, 5) is 28.4. The Balaban J connectivity index is 1.57. The van der Waals surface area contributed by atoms with Crippen molar-refractivity contribution < 1.29 is 9.59 Å². The largest absolute Gasteiger partial charge is 0.326 e. The fraction of sp³-hybridized carbons (Fsp3) is 0.136. The van der Waals surface area contributed by atoms with Crippen LogP contribution in [0.3, 0.4) is 0 Å². The van der Waals surface area contributed by atoms with Crippen LogP contribution in [0.2, 0.25) is 0 Å². The zero-order valence-electron chi connectivity index (χ0n) is 15.6. The van der Waals surface area contributed by atoms with Crippen molar-refractivity contribution in [3.8, 4) is 0 Å². The molecule has 142 valence electrons. The molecule has 1 unspecified atom stereocenters. The number of benzene rings is 2. The van der Waals surface area contributed by atoms with E-state index in [4.69, 9.17) is 5.73 Å². The van der Waals surface area contributed by atoms with Gasteiger partial charge in [-0.3, -0.25) is 14.6 Å². The number of hydrogen-bond acceptors (Lipinski definition) is 4. The third-order valence-electron chi connectivity index (χ3n) is 4.28. The average molecular weight is 374 g/mol. The molecule has 3 aromatic rings. The lowest BCUT2D eigenvalue weighted by atomic mass is 10.0. The maximum Gasteiger partial charge on any atom is 0.255 e. The molecule has 1 heterocycles. The number of rotatable bonds is 6. The smallest absolute Gasteiger partial charge is 0.255 e. The van der Waals surface area contributed by atoms with Crippen LogP contribution in [-0.2, 0) is 4.79 Å². The lowest BCUT2D eigenvalue weighted by Gasteiger charge is -2.13. The van der Waals surface area contributed by atoms with E-state index in [1.807, 2.05) is 31.2 Å². The Hall–Kier alpha value is -3.51. The Morgan fingerprint density at radius 1 is 0.893 bits per heavy atom. The topological polar surface area (TPSA) is 97.1 Å². The van der Waals surface area contributed by atoms with E-state index in [2.05, 4.69) is 15.6 Å². The first-order valence-corrected chi connectivity index (χ1v) is 8.95. The van der Waals surface area contributed by atoms with Gasteiger partial charge in [0, 0.05) is 41.8 Å². The highest BCUT2D eigenvalue weighted by Crippen LogP contribution is 2.17. The number of nitrogens with two attached hydrogens (primary N) is 1. The molecule has 2 amide bonds. The molecule has 0 aliphatic carbocycles. The van der Waals surface area contributed by atoms with Crippen LogP contribution in [0.25, 0.3) is 0 Å².